The van der Waals surface area contributed by atoms with Gasteiger partial charge in [-0.2, -0.15) is 0 Å². The molecule has 5 nitrogen and oxygen atoms in total. The van der Waals surface area contributed by atoms with Crippen LogP contribution in [0.15, 0.2) is 84.0 Å². The van der Waals surface area contributed by atoms with E-state index in [9.17, 15) is 0 Å². The molecule has 0 bridgehead atoms. The van der Waals surface area contributed by atoms with Crippen LogP contribution in [0.5, 0.6) is 5.75 Å². The first kappa shape index (κ1) is 22.7. The van der Waals surface area contributed by atoms with Crippen LogP contribution in [-0.4, -0.2) is 24.5 Å². The molecule has 1 heterocycles. The first-order valence-electron chi connectivity index (χ1n) is 9.43. The van der Waals surface area contributed by atoms with Gasteiger partial charge < -0.3 is 15.4 Å². The van der Waals surface area contributed by atoms with Crippen molar-refractivity contribution in [3.8, 4) is 5.75 Å². The van der Waals surface area contributed by atoms with Crippen LogP contribution in [-0.2, 0) is 19.6 Å². The van der Waals surface area contributed by atoms with Crippen LogP contribution >= 0.6 is 24.0 Å². The maximum Gasteiger partial charge on any atom is 0.191 e. The van der Waals surface area contributed by atoms with Crippen molar-refractivity contribution in [2.24, 2.45) is 4.99 Å². The van der Waals surface area contributed by atoms with E-state index >= 15 is 0 Å². The summed E-state index contributed by atoms with van der Waals surface area (Å²) in [7, 11) is 1.78. The van der Waals surface area contributed by atoms with Gasteiger partial charge in [0.1, 0.15) is 12.4 Å². The van der Waals surface area contributed by atoms with Gasteiger partial charge in [-0.1, -0.05) is 48.5 Å². The topological polar surface area (TPSA) is 58.5 Å². The second-order valence-corrected chi connectivity index (χ2v) is 6.34. The van der Waals surface area contributed by atoms with Gasteiger partial charge in [-0.05, 0) is 41.8 Å². The molecular formula is C23H27IN4O. The number of hydrogen-bond acceptors (Lipinski definition) is 3. The Morgan fingerprint density at radius 3 is 2.34 bits per heavy atom. The SMILES string of the molecule is CN=C(NCCc1ccccc1)NCc1ccc(OCc2ccccn2)cc1.I. The Hall–Kier alpha value is -2.61. The number of nitrogens with one attached hydrogen (secondary N) is 2. The first-order valence-corrected chi connectivity index (χ1v) is 9.43. The molecule has 29 heavy (non-hydrogen) atoms. The predicted octanol–water partition coefficient (Wildman–Crippen LogP) is 4.19. The van der Waals surface area contributed by atoms with Crippen molar-refractivity contribution in [2.75, 3.05) is 13.6 Å². The highest BCUT2D eigenvalue weighted by atomic mass is 127. The molecule has 152 valence electrons. The van der Waals surface area contributed by atoms with E-state index in [0.29, 0.717) is 13.2 Å². The van der Waals surface area contributed by atoms with Crippen LogP contribution in [0, 0.1) is 0 Å². The molecule has 0 aliphatic carbocycles. The fourth-order valence-corrected chi connectivity index (χ4v) is 2.72. The zero-order valence-corrected chi connectivity index (χ0v) is 18.9. The van der Waals surface area contributed by atoms with Crippen LogP contribution in [0.1, 0.15) is 16.8 Å². The molecule has 0 amide bonds. The molecule has 1 aromatic heterocycles. The lowest BCUT2D eigenvalue weighted by molar-refractivity contribution is 0.301. The fraction of sp³-hybridized carbons (Fsp3) is 0.217. The van der Waals surface area contributed by atoms with E-state index in [1.165, 1.54) is 5.56 Å². The lowest BCUT2D eigenvalue weighted by Gasteiger charge is -2.12. The number of halogens is 1. The van der Waals surface area contributed by atoms with Crippen molar-refractivity contribution < 1.29 is 4.74 Å². The standard InChI is InChI=1S/C23H26N4O.HI/c1-24-23(26-16-14-19-7-3-2-4-8-19)27-17-20-10-12-22(13-11-20)28-18-21-9-5-6-15-25-21;/h2-13,15H,14,16-18H2,1H3,(H2,24,26,27);1H. The third kappa shape index (κ3) is 8.11. The van der Waals surface area contributed by atoms with Gasteiger partial charge in [0, 0.05) is 26.3 Å². The molecule has 0 saturated carbocycles. The highest BCUT2D eigenvalue weighted by Crippen LogP contribution is 2.13. The average Bonchev–Trinajstić information content (AvgIpc) is 2.77. The lowest BCUT2D eigenvalue weighted by atomic mass is 10.1. The van der Waals surface area contributed by atoms with Gasteiger partial charge >= 0.3 is 0 Å². The number of guanidine groups is 1. The largest absolute Gasteiger partial charge is 0.487 e. The van der Waals surface area contributed by atoms with Gasteiger partial charge in [-0.25, -0.2) is 0 Å². The van der Waals surface area contributed by atoms with E-state index in [1.54, 1.807) is 13.2 Å². The maximum absolute atomic E-state index is 5.77. The smallest absolute Gasteiger partial charge is 0.191 e. The van der Waals surface area contributed by atoms with Crippen molar-refractivity contribution in [3.63, 3.8) is 0 Å². The molecule has 6 heteroatoms. The van der Waals surface area contributed by atoms with Gasteiger partial charge in [0.2, 0.25) is 0 Å². The quantitative estimate of drug-likeness (QED) is 0.276. The number of rotatable bonds is 8. The third-order valence-corrected chi connectivity index (χ3v) is 4.27. The summed E-state index contributed by atoms with van der Waals surface area (Å²) in [5, 5.41) is 6.68. The van der Waals surface area contributed by atoms with E-state index in [2.05, 4.69) is 57.0 Å². The Morgan fingerprint density at radius 2 is 1.66 bits per heavy atom. The number of aliphatic imine (C=N–C) groups is 1. The number of nitrogens with zero attached hydrogens (tertiary/aromatic N) is 2. The van der Waals surface area contributed by atoms with Crippen molar-refractivity contribution in [1.29, 1.82) is 0 Å². The van der Waals surface area contributed by atoms with Gasteiger partial charge in [-0.3, -0.25) is 9.98 Å². The summed E-state index contributed by atoms with van der Waals surface area (Å²) in [6.07, 6.45) is 2.73. The molecule has 0 unspecified atom stereocenters. The monoisotopic (exact) mass is 502 g/mol. The molecular weight excluding hydrogens is 475 g/mol. The van der Waals surface area contributed by atoms with Gasteiger partial charge in [0.05, 0.1) is 5.69 Å². The molecule has 0 aliphatic heterocycles. The average molecular weight is 502 g/mol. The number of hydrogen-bond donors (Lipinski definition) is 2. The van der Waals surface area contributed by atoms with Crippen molar-refractivity contribution in [1.82, 2.24) is 15.6 Å². The minimum atomic E-state index is 0. The van der Waals surface area contributed by atoms with Crippen LogP contribution in [0.25, 0.3) is 0 Å². The van der Waals surface area contributed by atoms with Crippen molar-refractivity contribution in [2.45, 2.75) is 19.6 Å². The summed E-state index contributed by atoms with van der Waals surface area (Å²) in [5.74, 6) is 1.63. The molecule has 0 fully saturated rings. The van der Waals surface area contributed by atoms with Crippen LogP contribution in [0.3, 0.4) is 0 Å². The third-order valence-electron chi connectivity index (χ3n) is 4.27. The molecule has 0 atom stereocenters. The predicted molar refractivity (Wildman–Crippen MR) is 129 cm³/mol. The van der Waals surface area contributed by atoms with Crippen molar-refractivity contribution in [3.05, 3.63) is 95.8 Å². The number of aromatic nitrogens is 1. The molecule has 2 aromatic carbocycles. The fourth-order valence-electron chi connectivity index (χ4n) is 2.72. The van der Waals surface area contributed by atoms with Gasteiger partial charge in [-0.15, -0.1) is 24.0 Å². The first-order chi connectivity index (χ1) is 13.8. The summed E-state index contributed by atoms with van der Waals surface area (Å²) < 4.78 is 5.77. The molecule has 2 N–H and O–H groups in total. The number of ether oxygens (including phenoxy) is 1. The Balaban J connectivity index is 0.00000300. The van der Waals surface area contributed by atoms with Gasteiger partial charge in [0.15, 0.2) is 5.96 Å². The number of benzene rings is 2. The minimum Gasteiger partial charge on any atom is -0.487 e. The highest BCUT2D eigenvalue weighted by molar-refractivity contribution is 14.0. The van der Waals surface area contributed by atoms with Crippen LogP contribution in [0.4, 0.5) is 0 Å². The Bertz CT molecular complexity index is 855. The lowest BCUT2D eigenvalue weighted by Crippen LogP contribution is -2.37. The highest BCUT2D eigenvalue weighted by Gasteiger charge is 2.01. The molecule has 0 aliphatic rings. The summed E-state index contributed by atoms with van der Waals surface area (Å²) in [6.45, 7) is 2.01. The zero-order valence-electron chi connectivity index (χ0n) is 16.5. The van der Waals surface area contributed by atoms with Crippen LogP contribution < -0.4 is 15.4 Å². The van der Waals surface area contributed by atoms with Crippen LogP contribution in [0.2, 0.25) is 0 Å². The second kappa shape index (κ2) is 12.8. The molecule has 0 saturated heterocycles. The zero-order chi connectivity index (χ0) is 19.4. The number of pyridine rings is 1. The second-order valence-electron chi connectivity index (χ2n) is 6.34. The summed E-state index contributed by atoms with van der Waals surface area (Å²) in [4.78, 5) is 8.54. The summed E-state index contributed by atoms with van der Waals surface area (Å²) >= 11 is 0. The van der Waals surface area contributed by atoms with E-state index in [1.807, 2.05) is 36.4 Å². The van der Waals surface area contributed by atoms with Gasteiger partial charge in [0.25, 0.3) is 0 Å². The molecule has 0 spiro atoms. The molecule has 0 radical (unpaired) electrons. The Kier molecular flexibility index (Phi) is 9.99. The maximum atomic E-state index is 5.77. The van der Waals surface area contributed by atoms with E-state index < -0.39 is 0 Å². The Labute approximate surface area is 189 Å². The molecule has 3 rings (SSSR count). The minimum absolute atomic E-state index is 0. The van der Waals surface area contributed by atoms with E-state index in [-0.39, 0.29) is 24.0 Å². The summed E-state index contributed by atoms with van der Waals surface area (Å²) in [6, 6.07) is 24.3. The van der Waals surface area contributed by atoms with Crippen molar-refractivity contribution >= 4 is 29.9 Å². The Morgan fingerprint density at radius 1 is 0.897 bits per heavy atom. The summed E-state index contributed by atoms with van der Waals surface area (Å²) in [5.41, 5.74) is 3.39. The molecule has 3 aromatic rings. The van der Waals surface area contributed by atoms with E-state index in [4.69, 9.17) is 4.74 Å². The van der Waals surface area contributed by atoms with E-state index in [0.717, 1.165) is 35.9 Å². The normalized spacial score (nSPS) is 10.7.